The molecule has 0 aromatic carbocycles. The molecule has 2 unspecified atom stereocenters. The highest BCUT2D eigenvalue weighted by molar-refractivity contribution is 7.98. The van der Waals surface area contributed by atoms with Gasteiger partial charge in [0.1, 0.15) is 11.6 Å². The number of nitrogens with two attached hydrogens (primary N) is 1. The second-order valence-corrected chi connectivity index (χ2v) is 5.31. The van der Waals surface area contributed by atoms with E-state index in [4.69, 9.17) is 5.73 Å². The molecule has 94 valence electrons. The molecule has 17 heavy (non-hydrogen) atoms. The number of rotatable bonds is 3. The van der Waals surface area contributed by atoms with Crippen LogP contribution in [0.5, 0.6) is 0 Å². The van der Waals surface area contributed by atoms with Gasteiger partial charge in [-0.2, -0.15) is 0 Å². The summed E-state index contributed by atoms with van der Waals surface area (Å²) in [6.07, 6.45) is 5.61. The van der Waals surface area contributed by atoms with Gasteiger partial charge < -0.3 is 10.6 Å². The number of aromatic nitrogens is 2. The van der Waals surface area contributed by atoms with Gasteiger partial charge in [0.05, 0.1) is 0 Å². The molecular formula is C12H20N4S. The molecular weight excluding hydrogens is 232 g/mol. The van der Waals surface area contributed by atoms with Gasteiger partial charge in [-0.1, -0.05) is 18.7 Å². The lowest BCUT2D eigenvalue weighted by Gasteiger charge is -2.29. The van der Waals surface area contributed by atoms with Gasteiger partial charge >= 0.3 is 0 Å². The summed E-state index contributed by atoms with van der Waals surface area (Å²) in [7, 11) is 0. The number of hydrogen-bond acceptors (Lipinski definition) is 5. The molecule has 1 aromatic heterocycles. The summed E-state index contributed by atoms with van der Waals surface area (Å²) < 4.78 is 0. The van der Waals surface area contributed by atoms with Gasteiger partial charge in [-0.25, -0.2) is 9.97 Å². The zero-order valence-corrected chi connectivity index (χ0v) is 11.5. The van der Waals surface area contributed by atoms with Crippen LogP contribution in [0.1, 0.15) is 33.1 Å². The van der Waals surface area contributed by atoms with E-state index < -0.39 is 0 Å². The first-order valence-corrected chi connectivity index (χ1v) is 7.35. The highest BCUT2D eigenvalue weighted by atomic mass is 32.2. The van der Waals surface area contributed by atoms with E-state index in [0.29, 0.717) is 17.9 Å². The predicted molar refractivity (Wildman–Crippen MR) is 73.5 cm³/mol. The molecule has 4 nitrogen and oxygen atoms in total. The second kappa shape index (κ2) is 5.12. The van der Waals surface area contributed by atoms with Crippen molar-refractivity contribution >= 4 is 23.4 Å². The van der Waals surface area contributed by atoms with Gasteiger partial charge in [0, 0.05) is 18.2 Å². The summed E-state index contributed by atoms with van der Waals surface area (Å²) in [5.41, 5.74) is 5.84. The van der Waals surface area contributed by atoms with Crippen LogP contribution in [0.25, 0.3) is 0 Å². The number of thioether (sulfide) groups is 1. The van der Waals surface area contributed by atoms with Gasteiger partial charge in [0.25, 0.3) is 0 Å². The van der Waals surface area contributed by atoms with Crippen molar-refractivity contribution in [3.8, 4) is 0 Å². The van der Waals surface area contributed by atoms with Crippen molar-refractivity contribution in [2.24, 2.45) is 0 Å². The summed E-state index contributed by atoms with van der Waals surface area (Å²) >= 11 is 1.54. The minimum absolute atomic E-state index is 0.545. The Morgan fingerprint density at radius 2 is 2.24 bits per heavy atom. The molecule has 2 heterocycles. The van der Waals surface area contributed by atoms with Crippen LogP contribution in [0.2, 0.25) is 0 Å². The lowest BCUT2D eigenvalue weighted by molar-refractivity contribution is 0.617. The fourth-order valence-corrected chi connectivity index (χ4v) is 2.92. The van der Waals surface area contributed by atoms with Crippen molar-refractivity contribution in [3.63, 3.8) is 0 Å². The van der Waals surface area contributed by atoms with E-state index in [2.05, 4.69) is 28.7 Å². The molecule has 2 N–H and O–H groups in total. The molecule has 0 bridgehead atoms. The van der Waals surface area contributed by atoms with Gasteiger partial charge in [0.15, 0.2) is 5.16 Å². The summed E-state index contributed by atoms with van der Waals surface area (Å²) in [6, 6.07) is 3.03. The van der Waals surface area contributed by atoms with Crippen molar-refractivity contribution in [3.05, 3.63) is 6.07 Å². The molecule has 0 spiro atoms. The quantitative estimate of drug-likeness (QED) is 0.662. The van der Waals surface area contributed by atoms with Crippen molar-refractivity contribution < 1.29 is 0 Å². The summed E-state index contributed by atoms with van der Waals surface area (Å²) in [5.74, 6) is 1.55. The normalized spacial score (nSPS) is 24.3. The van der Waals surface area contributed by atoms with Crippen LogP contribution in [0.4, 0.5) is 11.6 Å². The Labute approximate surface area is 107 Å². The van der Waals surface area contributed by atoms with Crippen LogP contribution >= 0.6 is 11.8 Å². The van der Waals surface area contributed by atoms with Gasteiger partial charge in [-0.15, -0.1) is 0 Å². The summed E-state index contributed by atoms with van der Waals surface area (Å²) in [4.78, 5) is 11.2. The highest BCUT2D eigenvalue weighted by Crippen LogP contribution is 2.32. The Balaban J connectivity index is 2.34. The highest BCUT2D eigenvalue weighted by Gasteiger charge is 2.30. The fraction of sp³-hybridized carbons (Fsp3) is 0.667. The van der Waals surface area contributed by atoms with Gasteiger partial charge in [-0.3, -0.25) is 0 Å². The number of hydrogen-bond donors (Lipinski definition) is 1. The van der Waals surface area contributed by atoms with E-state index in [1.165, 1.54) is 24.6 Å². The monoisotopic (exact) mass is 252 g/mol. The second-order valence-electron chi connectivity index (χ2n) is 4.53. The van der Waals surface area contributed by atoms with E-state index in [-0.39, 0.29) is 0 Å². The van der Waals surface area contributed by atoms with Gasteiger partial charge in [-0.05, 0) is 32.4 Å². The maximum absolute atomic E-state index is 5.84. The number of nitrogen functional groups attached to an aromatic ring is 1. The van der Waals surface area contributed by atoms with E-state index in [9.17, 15) is 0 Å². The minimum Gasteiger partial charge on any atom is -0.383 e. The average molecular weight is 252 g/mol. The van der Waals surface area contributed by atoms with Crippen LogP contribution in [0.3, 0.4) is 0 Å². The van der Waals surface area contributed by atoms with Crippen molar-refractivity contribution in [2.45, 2.75) is 50.4 Å². The Hall–Kier alpha value is -0.970. The van der Waals surface area contributed by atoms with Crippen molar-refractivity contribution in [1.82, 2.24) is 9.97 Å². The first-order valence-electron chi connectivity index (χ1n) is 6.12. The molecule has 2 atom stereocenters. The Morgan fingerprint density at radius 1 is 1.47 bits per heavy atom. The topological polar surface area (TPSA) is 55.0 Å². The standard InChI is InChI=1S/C12H20N4S/c1-4-9-6-5-8(2)16(9)11-7-10(13)14-12(15-11)17-3/h7-9H,4-6H2,1-3H3,(H2,13,14,15). The Morgan fingerprint density at radius 3 is 2.88 bits per heavy atom. The summed E-state index contributed by atoms with van der Waals surface area (Å²) in [6.45, 7) is 4.49. The van der Waals surface area contributed by atoms with Crippen LogP contribution in [0, 0.1) is 0 Å². The molecule has 1 saturated heterocycles. The molecule has 5 heteroatoms. The van der Waals surface area contributed by atoms with E-state index in [1.54, 1.807) is 0 Å². The third-order valence-electron chi connectivity index (χ3n) is 3.42. The molecule has 1 aliphatic heterocycles. The molecule has 1 fully saturated rings. The molecule has 1 aliphatic rings. The Kier molecular flexibility index (Phi) is 3.76. The molecule has 0 radical (unpaired) electrons. The van der Waals surface area contributed by atoms with Crippen molar-refractivity contribution in [1.29, 1.82) is 0 Å². The largest absolute Gasteiger partial charge is 0.383 e. The lowest BCUT2D eigenvalue weighted by Crippen LogP contribution is -2.35. The van der Waals surface area contributed by atoms with Crippen LogP contribution < -0.4 is 10.6 Å². The zero-order chi connectivity index (χ0) is 12.4. The van der Waals surface area contributed by atoms with E-state index >= 15 is 0 Å². The third kappa shape index (κ3) is 2.49. The van der Waals surface area contributed by atoms with Crippen LogP contribution in [-0.2, 0) is 0 Å². The first kappa shape index (κ1) is 12.5. The van der Waals surface area contributed by atoms with Crippen LogP contribution in [-0.4, -0.2) is 28.3 Å². The average Bonchev–Trinajstić information content (AvgIpc) is 2.69. The molecule has 2 rings (SSSR count). The maximum atomic E-state index is 5.84. The fourth-order valence-electron chi connectivity index (χ4n) is 2.54. The minimum atomic E-state index is 0.545. The van der Waals surface area contributed by atoms with Crippen LogP contribution in [0.15, 0.2) is 11.2 Å². The number of anilines is 2. The Bertz CT molecular complexity index is 396. The lowest BCUT2D eigenvalue weighted by atomic mass is 10.1. The maximum Gasteiger partial charge on any atom is 0.191 e. The smallest absolute Gasteiger partial charge is 0.191 e. The summed E-state index contributed by atoms with van der Waals surface area (Å²) in [5, 5.41) is 0.758. The molecule has 0 amide bonds. The third-order valence-corrected chi connectivity index (χ3v) is 3.96. The number of nitrogens with zero attached hydrogens (tertiary/aromatic N) is 3. The van der Waals surface area contributed by atoms with Gasteiger partial charge in [0.2, 0.25) is 0 Å². The van der Waals surface area contributed by atoms with E-state index in [0.717, 1.165) is 17.4 Å². The first-order chi connectivity index (χ1) is 8.15. The predicted octanol–water partition coefficient (Wildman–Crippen LogP) is 2.55. The molecule has 0 saturated carbocycles. The zero-order valence-electron chi connectivity index (χ0n) is 10.7. The van der Waals surface area contributed by atoms with E-state index in [1.807, 2.05) is 12.3 Å². The SMILES string of the molecule is CCC1CCC(C)N1c1cc(N)nc(SC)n1. The van der Waals surface area contributed by atoms with Crippen molar-refractivity contribution in [2.75, 3.05) is 16.9 Å². The molecule has 0 aliphatic carbocycles. The molecule has 1 aromatic rings.